The summed E-state index contributed by atoms with van der Waals surface area (Å²) in [6, 6.07) is 6.15. The lowest BCUT2D eigenvalue weighted by Gasteiger charge is -2.27. The summed E-state index contributed by atoms with van der Waals surface area (Å²) in [6.45, 7) is 7.51. The molecule has 0 saturated heterocycles. The van der Waals surface area contributed by atoms with Gasteiger partial charge in [-0.05, 0) is 29.7 Å². The fraction of sp³-hybridized carbons (Fsp3) is 0.462. The molecular weight excluding hydrogens is 184 g/mol. The lowest BCUT2D eigenvalue weighted by Crippen LogP contribution is -2.26. The van der Waals surface area contributed by atoms with Crippen LogP contribution in [0.3, 0.4) is 0 Å². The number of fused-ring (bicyclic) bond motifs is 1. The molecule has 80 valence electrons. The molecule has 2 N–H and O–H groups in total. The molecule has 0 aliphatic carbocycles. The van der Waals surface area contributed by atoms with E-state index in [9.17, 15) is 0 Å². The van der Waals surface area contributed by atoms with Gasteiger partial charge in [-0.1, -0.05) is 26.8 Å². The van der Waals surface area contributed by atoms with Gasteiger partial charge in [-0.25, -0.2) is 0 Å². The van der Waals surface area contributed by atoms with E-state index in [1.165, 1.54) is 16.8 Å². The van der Waals surface area contributed by atoms with Crippen LogP contribution in [-0.2, 0) is 6.42 Å². The van der Waals surface area contributed by atoms with E-state index in [1.54, 1.807) is 0 Å². The lowest BCUT2D eigenvalue weighted by atomic mass is 9.81. The summed E-state index contributed by atoms with van der Waals surface area (Å²) in [6.07, 6.45) is 1.01. The summed E-state index contributed by atoms with van der Waals surface area (Å²) < 4.78 is 0. The van der Waals surface area contributed by atoms with Gasteiger partial charge in [0.25, 0.3) is 0 Å². The van der Waals surface area contributed by atoms with Crippen LogP contribution in [0.1, 0.15) is 31.9 Å². The second kappa shape index (κ2) is 3.37. The van der Waals surface area contributed by atoms with Crippen molar-refractivity contribution in [2.24, 2.45) is 10.4 Å². The molecular formula is C13H18N2. The molecule has 0 amide bonds. The topological polar surface area (TPSA) is 38.4 Å². The first-order valence-electron chi connectivity index (χ1n) is 5.42. The summed E-state index contributed by atoms with van der Waals surface area (Å²) in [5, 5.41) is 0. The van der Waals surface area contributed by atoms with E-state index in [2.05, 4.69) is 37.9 Å². The van der Waals surface area contributed by atoms with Crippen molar-refractivity contribution in [1.29, 1.82) is 0 Å². The van der Waals surface area contributed by atoms with Crippen molar-refractivity contribution in [2.45, 2.75) is 27.2 Å². The molecule has 1 heterocycles. The third-order valence-corrected chi connectivity index (χ3v) is 2.75. The summed E-state index contributed by atoms with van der Waals surface area (Å²) in [5.74, 6) is 0. The number of anilines is 1. The molecule has 1 aromatic carbocycles. The maximum Gasteiger partial charge on any atom is 0.0476 e. The van der Waals surface area contributed by atoms with Crippen LogP contribution in [0.4, 0.5) is 5.69 Å². The number of hydrogen-bond donors (Lipinski definition) is 1. The van der Waals surface area contributed by atoms with Gasteiger partial charge in [-0.3, -0.25) is 4.99 Å². The monoisotopic (exact) mass is 202 g/mol. The average molecular weight is 202 g/mol. The zero-order valence-corrected chi connectivity index (χ0v) is 9.67. The van der Waals surface area contributed by atoms with Crippen LogP contribution >= 0.6 is 0 Å². The van der Waals surface area contributed by atoms with E-state index in [1.807, 2.05) is 6.07 Å². The standard InChI is InChI=1S/C13H18N2/c1-13(2,3)12-11-5-4-10(14)8-9(11)6-7-15-12/h4-5,8H,6-7,14H2,1-3H3. The molecule has 0 unspecified atom stereocenters. The van der Waals surface area contributed by atoms with E-state index in [-0.39, 0.29) is 5.41 Å². The van der Waals surface area contributed by atoms with Crippen molar-refractivity contribution >= 4 is 11.4 Å². The zero-order valence-electron chi connectivity index (χ0n) is 9.67. The molecule has 0 atom stereocenters. The number of nitrogens with zero attached hydrogens (tertiary/aromatic N) is 1. The van der Waals surface area contributed by atoms with Crippen molar-refractivity contribution in [3.63, 3.8) is 0 Å². The van der Waals surface area contributed by atoms with Gasteiger partial charge < -0.3 is 5.73 Å². The minimum atomic E-state index is 0.116. The molecule has 2 heteroatoms. The highest BCUT2D eigenvalue weighted by Gasteiger charge is 2.24. The quantitative estimate of drug-likeness (QED) is 0.645. The summed E-state index contributed by atoms with van der Waals surface area (Å²) in [5.41, 5.74) is 10.6. The fourth-order valence-corrected chi connectivity index (χ4v) is 2.07. The largest absolute Gasteiger partial charge is 0.399 e. The van der Waals surface area contributed by atoms with E-state index >= 15 is 0 Å². The molecule has 1 aliphatic rings. The molecule has 0 bridgehead atoms. The fourth-order valence-electron chi connectivity index (χ4n) is 2.07. The summed E-state index contributed by atoms with van der Waals surface area (Å²) >= 11 is 0. The van der Waals surface area contributed by atoms with E-state index in [0.717, 1.165) is 18.7 Å². The molecule has 0 radical (unpaired) electrons. The predicted molar refractivity (Wildman–Crippen MR) is 65.4 cm³/mol. The van der Waals surface area contributed by atoms with Gasteiger partial charge in [-0.15, -0.1) is 0 Å². The average Bonchev–Trinajstić information content (AvgIpc) is 2.15. The van der Waals surface area contributed by atoms with Gasteiger partial charge >= 0.3 is 0 Å². The van der Waals surface area contributed by atoms with E-state index < -0.39 is 0 Å². The second-order valence-corrected chi connectivity index (χ2v) is 5.15. The number of nitrogen functional groups attached to an aromatic ring is 1. The molecule has 1 aromatic rings. The molecule has 2 rings (SSSR count). The van der Waals surface area contributed by atoms with E-state index in [4.69, 9.17) is 5.73 Å². The van der Waals surface area contributed by atoms with Crippen molar-refractivity contribution in [3.8, 4) is 0 Å². The number of nitrogens with two attached hydrogens (primary N) is 1. The predicted octanol–water partition coefficient (Wildman–Crippen LogP) is 2.66. The highest BCUT2D eigenvalue weighted by molar-refractivity contribution is 6.06. The van der Waals surface area contributed by atoms with Crippen LogP contribution in [-0.4, -0.2) is 12.3 Å². The van der Waals surface area contributed by atoms with Crippen LogP contribution in [0.15, 0.2) is 23.2 Å². The Hall–Kier alpha value is -1.31. The third kappa shape index (κ3) is 1.89. The Morgan fingerprint density at radius 1 is 1.27 bits per heavy atom. The van der Waals surface area contributed by atoms with Crippen LogP contribution in [0.25, 0.3) is 0 Å². The van der Waals surface area contributed by atoms with Gasteiger partial charge in [0.2, 0.25) is 0 Å². The number of aliphatic imine (C=N–C) groups is 1. The molecule has 0 saturated carbocycles. The Morgan fingerprint density at radius 2 is 2.00 bits per heavy atom. The smallest absolute Gasteiger partial charge is 0.0476 e. The zero-order chi connectivity index (χ0) is 11.1. The summed E-state index contributed by atoms with van der Waals surface area (Å²) in [7, 11) is 0. The van der Waals surface area contributed by atoms with Gasteiger partial charge in [0, 0.05) is 23.4 Å². The van der Waals surface area contributed by atoms with Crippen molar-refractivity contribution < 1.29 is 0 Å². The van der Waals surface area contributed by atoms with Crippen LogP contribution < -0.4 is 5.73 Å². The SMILES string of the molecule is CC(C)(C)C1=NCCc2cc(N)ccc21. The third-order valence-electron chi connectivity index (χ3n) is 2.75. The first-order chi connectivity index (χ1) is 6.98. The Balaban J connectivity index is 2.52. The van der Waals surface area contributed by atoms with Crippen LogP contribution in [0.5, 0.6) is 0 Å². The molecule has 2 nitrogen and oxygen atoms in total. The Bertz CT molecular complexity index is 411. The highest BCUT2D eigenvalue weighted by Crippen LogP contribution is 2.28. The van der Waals surface area contributed by atoms with E-state index in [0.29, 0.717) is 0 Å². The lowest BCUT2D eigenvalue weighted by molar-refractivity contribution is 0.585. The normalized spacial score (nSPS) is 15.8. The van der Waals surface area contributed by atoms with Crippen LogP contribution in [0.2, 0.25) is 0 Å². The maximum absolute atomic E-state index is 5.80. The van der Waals surface area contributed by atoms with Crippen molar-refractivity contribution in [1.82, 2.24) is 0 Å². The van der Waals surface area contributed by atoms with Gasteiger partial charge in [-0.2, -0.15) is 0 Å². The number of hydrogen-bond acceptors (Lipinski definition) is 2. The Morgan fingerprint density at radius 3 is 2.67 bits per heavy atom. The number of rotatable bonds is 0. The second-order valence-electron chi connectivity index (χ2n) is 5.15. The van der Waals surface area contributed by atoms with Gasteiger partial charge in [0.1, 0.15) is 0 Å². The Kier molecular flexibility index (Phi) is 2.29. The minimum absolute atomic E-state index is 0.116. The van der Waals surface area contributed by atoms with Gasteiger partial charge in [0.15, 0.2) is 0 Å². The minimum Gasteiger partial charge on any atom is -0.399 e. The first kappa shape index (κ1) is 10.2. The van der Waals surface area contributed by atoms with Crippen molar-refractivity contribution in [2.75, 3.05) is 12.3 Å². The summed E-state index contributed by atoms with van der Waals surface area (Å²) in [4.78, 5) is 4.65. The van der Waals surface area contributed by atoms with Crippen LogP contribution in [0, 0.1) is 5.41 Å². The maximum atomic E-state index is 5.80. The van der Waals surface area contributed by atoms with Crippen molar-refractivity contribution in [3.05, 3.63) is 29.3 Å². The number of benzene rings is 1. The molecule has 0 aromatic heterocycles. The molecule has 0 spiro atoms. The Labute approximate surface area is 91.2 Å². The highest BCUT2D eigenvalue weighted by atomic mass is 14.8. The molecule has 0 fully saturated rings. The molecule has 1 aliphatic heterocycles. The first-order valence-corrected chi connectivity index (χ1v) is 5.42. The molecule has 15 heavy (non-hydrogen) atoms. The van der Waals surface area contributed by atoms with Gasteiger partial charge in [0.05, 0.1) is 0 Å².